The van der Waals surface area contributed by atoms with Crippen LogP contribution in [0.15, 0.2) is 0 Å². The molecule has 1 rings (SSSR count). The summed E-state index contributed by atoms with van der Waals surface area (Å²) in [4.78, 5) is 24.5. The Morgan fingerprint density at radius 1 is 1.59 bits per heavy atom. The minimum atomic E-state index is -0.815. The van der Waals surface area contributed by atoms with Gasteiger partial charge in [-0.25, -0.2) is 4.79 Å². The van der Waals surface area contributed by atoms with Crippen molar-refractivity contribution in [3.63, 3.8) is 0 Å². The highest BCUT2D eigenvalue weighted by molar-refractivity contribution is 7.98. The van der Waals surface area contributed by atoms with E-state index in [0.29, 0.717) is 13.0 Å². The van der Waals surface area contributed by atoms with Gasteiger partial charge in [-0.3, -0.25) is 4.79 Å². The summed E-state index contributed by atoms with van der Waals surface area (Å²) in [5.74, 6) is -0.391. The predicted molar refractivity (Wildman–Crippen MR) is 68.3 cm³/mol. The summed E-state index contributed by atoms with van der Waals surface area (Å²) in [6.07, 6.45) is 2.53. The molecule has 0 aromatic carbocycles. The molecular formula is C11H20N2O3S. The van der Waals surface area contributed by atoms with Crippen molar-refractivity contribution in [2.75, 3.05) is 18.6 Å². The van der Waals surface area contributed by atoms with E-state index in [1.54, 1.807) is 23.6 Å². The number of carbonyl (C=O) groups excluding carboxylic acids is 1. The number of carboxylic acid groups (broad SMARTS) is 1. The van der Waals surface area contributed by atoms with E-state index in [1.807, 2.05) is 13.2 Å². The average molecular weight is 260 g/mol. The second kappa shape index (κ2) is 6.14. The third-order valence-corrected chi connectivity index (χ3v) is 3.95. The molecule has 5 nitrogen and oxygen atoms in total. The molecule has 0 aliphatic carbocycles. The van der Waals surface area contributed by atoms with Crippen LogP contribution < -0.4 is 5.32 Å². The Kier molecular flexibility index (Phi) is 5.11. The van der Waals surface area contributed by atoms with Crippen molar-refractivity contribution in [1.29, 1.82) is 0 Å². The first kappa shape index (κ1) is 14.2. The fourth-order valence-electron chi connectivity index (χ4n) is 2.14. The van der Waals surface area contributed by atoms with E-state index < -0.39 is 11.9 Å². The zero-order valence-corrected chi connectivity index (χ0v) is 11.3. The smallest absolute Gasteiger partial charge is 0.317 e. The Hall–Kier alpha value is -0.910. The largest absolute Gasteiger partial charge is 0.481 e. The van der Waals surface area contributed by atoms with Gasteiger partial charge in [0.1, 0.15) is 0 Å². The normalized spacial score (nSPS) is 25.7. The zero-order chi connectivity index (χ0) is 13.0. The molecular weight excluding hydrogens is 240 g/mol. The van der Waals surface area contributed by atoms with E-state index in [9.17, 15) is 9.59 Å². The number of urea groups is 1. The predicted octanol–water partition coefficient (Wildman–Crippen LogP) is 1.24. The topological polar surface area (TPSA) is 69.6 Å². The van der Waals surface area contributed by atoms with Crippen LogP contribution in [-0.2, 0) is 4.79 Å². The molecule has 1 heterocycles. The summed E-state index contributed by atoms with van der Waals surface area (Å²) < 4.78 is 0. The molecule has 0 aromatic heterocycles. The molecule has 1 aliphatic heterocycles. The first-order chi connectivity index (χ1) is 7.97. The van der Waals surface area contributed by atoms with Crippen LogP contribution in [0.2, 0.25) is 0 Å². The Labute approximate surface area is 106 Å². The van der Waals surface area contributed by atoms with Gasteiger partial charge in [0.2, 0.25) is 0 Å². The summed E-state index contributed by atoms with van der Waals surface area (Å²) in [5, 5.41) is 11.9. The second-order valence-corrected chi connectivity index (χ2v) is 5.38. The molecule has 3 atom stereocenters. The van der Waals surface area contributed by atoms with Crippen molar-refractivity contribution in [1.82, 2.24) is 10.2 Å². The van der Waals surface area contributed by atoms with E-state index in [4.69, 9.17) is 5.11 Å². The van der Waals surface area contributed by atoms with Gasteiger partial charge in [0.05, 0.1) is 5.92 Å². The summed E-state index contributed by atoms with van der Waals surface area (Å²) in [5.41, 5.74) is 0. The quantitative estimate of drug-likeness (QED) is 0.798. The summed E-state index contributed by atoms with van der Waals surface area (Å²) >= 11 is 1.67. The maximum atomic E-state index is 11.9. The number of nitrogens with one attached hydrogen (secondary N) is 1. The molecule has 0 bridgehead atoms. The SMILES string of the molecule is CSCC(C)NC(=O)N1CCC(C(=O)O)C1C. The van der Waals surface area contributed by atoms with Gasteiger partial charge >= 0.3 is 12.0 Å². The standard InChI is InChI=1S/C11H20N2O3S/c1-7(6-17-3)12-11(16)13-5-4-9(8(13)2)10(14)15/h7-9H,4-6H2,1-3H3,(H,12,16)(H,14,15). The van der Waals surface area contributed by atoms with Gasteiger partial charge in [-0.15, -0.1) is 0 Å². The van der Waals surface area contributed by atoms with Crippen molar-refractivity contribution in [2.45, 2.75) is 32.4 Å². The van der Waals surface area contributed by atoms with Crippen LogP contribution >= 0.6 is 11.8 Å². The van der Waals surface area contributed by atoms with Gasteiger partial charge in [0.15, 0.2) is 0 Å². The van der Waals surface area contributed by atoms with E-state index in [2.05, 4.69) is 5.32 Å². The van der Waals surface area contributed by atoms with Crippen LogP contribution in [0, 0.1) is 5.92 Å². The van der Waals surface area contributed by atoms with E-state index >= 15 is 0 Å². The van der Waals surface area contributed by atoms with Gasteiger partial charge in [0, 0.05) is 24.4 Å². The minimum absolute atomic E-state index is 0.105. The molecule has 17 heavy (non-hydrogen) atoms. The maximum Gasteiger partial charge on any atom is 0.317 e. The van der Waals surface area contributed by atoms with Crippen molar-refractivity contribution < 1.29 is 14.7 Å². The fraction of sp³-hybridized carbons (Fsp3) is 0.818. The number of rotatable bonds is 4. The first-order valence-corrected chi connectivity index (χ1v) is 7.15. The lowest BCUT2D eigenvalue weighted by Crippen LogP contribution is -2.47. The number of amides is 2. The average Bonchev–Trinajstić information content (AvgIpc) is 2.60. The number of carboxylic acids is 1. The molecule has 98 valence electrons. The molecule has 6 heteroatoms. The lowest BCUT2D eigenvalue weighted by Gasteiger charge is -2.25. The third-order valence-electron chi connectivity index (χ3n) is 3.12. The van der Waals surface area contributed by atoms with Crippen LogP contribution in [0.5, 0.6) is 0 Å². The first-order valence-electron chi connectivity index (χ1n) is 5.76. The third kappa shape index (κ3) is 3.52. The minimum Gasteiger partial charge on any atom is -0.481 e. The molecule has 2 amide bonds. The van der Waals surface area contributed by atoms with E-state index in [-0.39, 0.29) is 18.1 Å². The van der Waals surface area contributed by atoms with Crippen molar-refractivity contribution in [3.05, 3.63) is 0 Å². The highest BCUT2D eigenvalue weighted by Crippen LogP contribution is 2.24. The molecule has 0 aromatic rings. The summed E-state index contributed by atoms with van der Waals surface area (Å²) in [7, 11) is 0. The number of nitrogens with zero attached hydrogens (tertiary/aromatic N) is 1. The van der Waals surface area contributed by atoms with Crippen LogP contribution in [-0.4, -0.2) is 52.6 Å². The molecule has 2 N–H and O–H groups in total. The van der Waals surface area contributed by atoms with Crippen LogP contribution in [0.25, 0.3) is 0 Å². The highest BCUT2D eigenvalue weighted by Gasteiger charge is 2.38. The van der Waals surface area contributed by atoms with E-state index in [0.717, 1.165) is 5.75 Å². The Balaban J connectivity index is 2.51. The maximum absolute atomic E-state index is 11.9. The number of likely N-dealkylation sites (tertiary alicyclic amines) is 1. The Morgan fingerprint density at radius 2 is 2.24 bits per heavy atom. The number of carbonyl (C=O) groups is 2. The number of hydrogen-bond donors (Lipinski definition) is 2. The second-order valence-electron chi connectivity index (χ2n) is 4.47. The van der Waals surface area contributed by atoms with E-state index in [1.165, 1.54) is 0 Å². The molecule has 0 spiro atoms. The summed E-state index contributed by atoms with van der Waals surface area (Å²) in [6, 6.07) is -0.273. The van der Waals surface area contributed by atoms with Crippen molar-refractivity contribution in [3.8, 4) is 0 Å². The molecule has 1 fully saturated rings. The molecule has 0 saturated carbocycles. The van der Waals surface area contributed by atoms with Crippen molar-refractivity contribution in [2.24, 2.45) is 5.92 Å². The Morgan fingerprint density at radius 3 is 2.71 bits per heavy atom. The van der Waals surface area contributed by atoms with Gasteiger partial charge < -0.3 is 15.3 Å². The van der Waals surface area contributed by atoms with Crippen LogP contribution in [0.1, 0.15) is 20.3 Å². The molecule has 1 saturated heterocycles. The lowest BCUT2D eigenvalue weighted by molar-refractivity contribution is -0.142. The highest BCUT2D eigenvalue weighted by atomic mass is 32.2. The number of hydrogen-bond acceptors (Lipinski definition) is 3. The monoisotopic (exact) mass is 260 g/mol. The molecule has 0 radical (unpaired) electrons. The number of thioether (sulfide) groups is 1. The molecule has 1 aliphatic rings. The van der Waals surface area contributed by atoms with Crippen molar-refractivity contribution >= 4 is 23.8 Å². The van der Waals surface area contributed by atoms with Gasteiger partial charge in [-0.2, -0.15) is 11.8 Å². The summed E-state index contributed by atoms with van der Waals surface area (Å²) in [6.45, 7) is 4.27. The Bertz CT molecular complexity index is 298. The van der Waals surface area contributed by atoms with Gasteiger partial charge in [0.25, 0.3) is 0 Å². The number of aliphatic carboxylic acids is 1. The van der Waals surface area contributed by atoms with Crippen LogP contribution in [0.3, 0.4) is 0 Å². The zero-order valence-electron chi connectivity index (χ0n) is 10.5. The van der Waals surface area contributed by atoms with Gasteiger partial charge in [-0.1, -0.05) is 0 Å². The fourth-order valence-corrected chi connectivity index (χ4v) is 2.73. The van der Waals surface area contributed by atoms with Crippen LogP contribution in [0.4, 0.5) is 4.79 Å². The van der Waals surface area contributed by atoms with Gasteiger partial charge in [-0.05, 0) is 26.5 Å². The molecule has 3 unspecified atom stereocenters. The lowest BCUT2D eigenvalue weighted by atomic mass is 10.0.